The van der Waals surface area contributed by atoms with E-state index in [2.05, 4.69) is 10.9 Å². The van der Waals surface area contributed by atoms with Crippen LogP contribution in [0, 0.1) is 13.8 Å². The summed E-state index contributed by atoms with van der Waals surface area (Å²) in [5, 5.41) is 1.85. The third kappa shape index (κ3) is 4.40. The summed E-state index contributed by atoms with van der Waals surface area (Å²) in [5.74, 6) is -0.133. The zero-order valence-corrected chi connectivity index (χ0v) is 16.8. The minimum Gasteiger partial charge on any atom is -0.481 e. The maximum atomic E-state index is 12.5. The number of thiophene rings is 1. The van der Waals surface area contributed by atoms with Crippen LogP contribution in [0.15, 0.2) is 60.0 Å². The smallest absolute Gasteiger partial charge is 0.280 e. The Hall–Kier alpha value is -3.12. The number of amides is 2. The van der Waals surface area contributed by atoms with Crippen molar-refractivity contribution in [3.05, 3.63) is 76.0 Å². The molecule has 0 aliphatic rings. The van der Waals surface area contributed by atoms with Crippen molar-refractivity contribution in [3.63, 3.8) is 0 Å². The van der Waals surface area contributed by atoms with Gasteiger partial charge in [-0.1, -0.05) is 42.5 Å². The molecule has 1 aromatic heterocycles. The van der Waals surface area contributed by atoms with Crippen LogP contribution in [0.25, 0.3) is 11.1 Å². The number of aryl methyl sites for hydroxylation is 1. The average molecular weight is 394 g/mol. The van der Waals surface area contributed by atoms with E-state index in [4.69, 9.17) is 4.74 Å². The van der Waals surface area contributed by atoms with E-state index in [1.54, 1.807) is 6.92 Å². The molecule has 0 bridgehead atoms. The zero-order chi connectivity index (χ0) is 20.1. The first-order valence-corrected chi connectivity index (χ1v) is 9.81. The summed E-state index contributed by atoms with van der Waals surface area (Å²) in [6.07, 6.45) is -0.752. The van der Waals surface area contributed by atoms with Crippen LogP contribution in [-0.4, -0.2) is 17.9 Å². The van der Waals surface area contributed by atoms with Crippen LogP contribution in [0.3, 0.4) is 0 Å². The van der Waals surface area contributed by atoms with Gasteiger partial charge in [0.25, 0.3) is 11.8 Å². The molecule has 6 heteroatoms. The fourth-order valence-corrected chi connectivity index (χ4v) is 3.51. The second-order valence-electron chi connectivity index (χ2n) is 6.43. The van der Waals surface area contributed by atoms with Gasteiger partial charge in [0.1, 0.15) is 10.6 Å². The van der Waals surface area contributed by atoms with Crippen molar-refractivity contribution in [2.24, 2.45) is 0 Å². The Morgan fingerprint density at radius 3 is 2.46 bits per heavy atom. The molecule has 0 radical (unpaired) electrons. The number of hydrogen-bond acceptors (Lipinski definition) is 4. The zero-order valence-electron chi connectivity index (χ0n) is 16.0. The summed E-state index contributed by atoms with van der Waals surface area (Å²) >= 11 is 1.32. The lowest BCUT2D eigenvalue weighted by molar-refractivity contribution is -0.128. The molecule has 0 aliphatic carbocycles. The van der Waals surface area contributed by atoms with Gasteiger partial charge in [0, 0.05) is 5.56 Å². The molecule has 2 aromatic carbocycles. The van der Waals surface area contributed by atoms with Crippen molar-refractivity contribution in [1.82, 2.24) is 10.9 Å². The van der Waals surface area contributed by atoms with E-state index >= 15 is 0 Å². The maximum Gasteiger partial charge on any atom is 0.280 e. The monoisotopic (exact) mass is 394 g/mol. The first-order chi connectivity index (χ1) is 13.5. The lowest BCUT2D eigenvalue weighted by Crippen LogP contribution is -2.47. The molecule has 0 aliphatic heterocycles. The first-order valence-electron chi connectivity index (χ1n) is 8.93. The Morgan fingerprint density at radius 2 is 1.71 bits per heavy atom. The number of hydrazine groups is 1. The van der Waals surface area contributed by atoms with Crippen LogP contribution in [0.2, 0.25) is 0 Å². The Balaban J connectivity index is 1.61. The number of hydrogen-bond donors (Lipinski definition) is 2. The number of benzene rings is 2. The molecule has 1 atom stereocenters. The van der Waals surface area contributed by atoms with E-state index in [0.29, 0.717) is 10.6 Å². The van der Waals surface area contributed by atoms with Crippen LogP contribution in [0.5, 0.6) is 5.75 Å². The second kappa shape index (κ2) is 8.71. The fraction of sp³-hybridized carbons (Fsp3) is 0.182. The van der Waals surface area contributed by atoms with Gasteiger partial charge in [0.15, 0.2) is 6.10 Å². The molecule has 144 valence electrons. The molecular weight excluding hydrogens is 372 g/mol. The lowest BCUT2D eigenvalue weighted by Gasteiger charge is -2.17. The Morgan fingerprint density at radius 1 is 0.964 bits per heavy atom. The van der Waals surface area contributed by atoms with Gasteiger partial charge in [-0.05, 0) is 55.0 Å². The Kier molecular flexibility index (Phi) is 6.11. The lowest BCUT2D eigenvalue weighted by atomic mass is 10.1. The van der Waals surface area contributed by atoms with E-state index < -0.39 is 12.0 Å². The maximum absolute atomic E-state index is 12.5. The van der Waals surface area contributed by atoms with Crippen molar-refractivity contribution in [3.8, 4) is 16.9 Å². The van der Waals surface area contributed by atoms with Crippen molar-refractivity contribution >= 4 is 23.2 Å². The standard InChI is InChI=1S/C22H22N2O3S/c1-14-8-7-11-19(15(14)2)27-16(3)21(25)23-24-22(26)20-18(12-13-28-20)17-9-5-4-6-10-17/h4-13,16H,1-3H3,(H,23,25)(H,24,26). The summed E-state index contributed by atoms with van der Waals surface area (Å²) in [7, 11) is 0. The molecule has 1 unspecified atom stereocenters. The number of nitrogens with one attached hydrogen (secondary N) is 2. The molecule has 28 heavy (non-hydrogen) atoms. The highest BCUT2D eigenvalue weighted by atomic mass is 32.1. The van der Waals surface area contributed by atoms with Crippen molar-refractivity contribution in [2.75, 3.05) is 0 Å². The topological polar surface area (TPSA) is 67.4 Å². The Labute approximate surface area is 168 Å². The molecule has 0 spiro atoms. The summed E-state index contributed by atoms with van der Waals surface area (Å²) < 4.78 is 5.74. The summed E-state index contributed by atoms with van der Waals surface area (Å²) in [5.41, 5.74) is 8.78. The van der Waals surface area contributed by atoms with Crippen molar-refractivity contribution < 1.29 is 14.3 Å². The predicted octanol–water partition coefficient (Wildman–Crippen LogP) is 4.26. The minimum absolute atomic E-state index is 0.360. The third-order valence-corrected chi connectivity index (χ3v) is 5.40. The second-order valence-corrected chi connectivity index (χ2v) is 7.35. The van der Waals surface area contributed by atoms with Gasteiger partial charge < -0.3 is 4.74 Å². The van der Waals surface area contributed by atoms with Gasteiger partial charge in [-0.3, -0.25) is 20.4 Å². The van der Waals surface area contributed by atoms with Crippen LogP contribution >= 0.6 is 11.3 Å². The van der Waals surface area contributed by atoms with Crippen LogP contribution in [0.1, 0.15) is 27.7 Å². The average Bonchev–Trinajstić information content (AvgIpc) is 3.20. The SMILES string of the molecule is Cc1cccc(OC(C)C(=O)NNC(=O)c2sccc2-c2ccccc2)c1C. The molecule has 2 N–H and O–H groups in total. The highest BCUT2D eigenvalue weighted by Gasteiger charge is 2.19. The van der Waals surface area contributed by atoms with Crippen molar-refractivity contribution in [1.29, 1.82) is 0 Å². The molecule has 3 rings (SSSR count). The number of carbonyl (C=O) groups is 2. The summed E-state index contributed by atoms with van der Waals surface area (Å²) in [6.45, 7) is 5.57. The Bertz CT molecular complexity index is 982. The van der Waals surface area contributed by atoms with Crippen LogP contribution in [-0.2, 0) is 4.79 Å². The molecule has 0 saturated heterocycles. The van der Waals surface area contributed by atoms with E-state index in [1.807, 2.05) is 73.8 Å². The highest BCUT2D eigenvalue weighted by Crippen LogP contribution is 2.28. The number of rotatable bonds is 5. The number of carbonyl (C=O) groups excluding carboxylic acids is 2. The normalized spacial score (nSPS) is 11.5. The van der Waals surface area contributed by atoms with Gasteiger partial charge in [-0.2, -0.15) is 0 Å². The predicted molar refractivity (Wildman–Crippen MR) is 111 cm³/mol. The van der Waals surface area contributed by atoms with E-state index in [0.717, 1.165) is 22.3 Å². The van der Waals surface area contributed by atoms with Gasteiger partial charge in [0.2, 0.25) is 0 Å². The molecule has 0 fully saturated rings. The quantitative estimate of drug-likeness (QED) is 0.636. The summed E-state index contributed by atoms with van der Waals surface area (Å²) in [6, 6.07) is 17.2. The third-order valence-electron chi connectivity index (χ3n) is 4.48. The van der Waals surface area contributed by atoms with E-state index in [1.165, 1.54) is 11.3 Å². The highest BCUT2D eigenvalue weighted by molar-refractivity contribution is 7.12. The van der Waals surface area contributed by atoms with Gasteiger partial charge in [0.05, 0.1) is 0 Å². The van der Waals surface area contributed by atoms with E-state index in [-0.39, 0.29) is 5.91 Å². The summed E-state index contributed by atoms with van der Waals surface area (Å²) in [4.78, 5) is 25.4. The first kappa shape index (κ1) is 19.6. The van der Waals surface area contributed by atoms with Gasteiger partial charge in [-0.25, -0.2) is 0 Å². The minimum atomic E-state index is -0.752. The number of ether oxygens (including phenoxy) is 1. The van der Waals surface area contributed by atoms with Gasteiger partial charge in [-0.15, -0.1) is 11.3 Å². The molecule has 3 aromatic rings. The largest absolute Gasteiger partial charge is 0.481 e. The van der Waals surface area contributed by atoms with Crippen molar-refractivity contribution in [2.45, 2.75) is 26.9 Å². The van der Waals surface area contributed by atoms with E-state index in [9.17, 15) is 9.59 Å². The van der Waals surface area contributed by atoms with Crippen LogP contribution < -0.4 is 15.6 Å². The van der Waals surface area contributed by atoms with Crippen LogP contribution in [0.4, 0.5) is 0 Å². The molecular formula is C22H22N2O3S. The fourth-order valence-electron chi connectivity index (χ4n) is 2.70. The molecule has 0 saturated carbocycles. The molecule has 1 heterocycles. The molecule has 5 nitrogen and oxygen atoms in total. The van der Waals surface area contributed by atoms with Gasteiger partial charge >= 0.3 is 0 Å². The molecule has 2 amide bonds.